The maximum Gasteiger partial charge on any atom is 0.0396 e. The molecule has 2 heteroatoms. The van der Waals surface area contributed by atoms with Gasteiger partial charge in [0.25, 0.3) is 0 Å². The van der Waals surface area contributed by atoms with Crippen LogP contribution in [-0.4, -0.2) is 19.1 Å². The van der Waals surface area contributed by atoms with Crippen LogP contribution in [0.4, 0.5) is 5.69 Å². The molecule has 0 unspecified atom stereocenters. The lowest BCUT2D eigenvalue weighted by Gasteiger charge is -2.32. The van der Waals surface area contributed by atoms with E-state index in [2.05, 4.69) is 56.2 Å². The Kier molecular flexibility index (Phi) is 5.09. The first kappa shape index (κ1) is 15.4. The first-order chi connectivity index (χ1) is 9.64. The highest BCUT2D eigenvalue weighted by Crippen LogP contribution is 2.27. The number of nitrogens with one attached hydrogen (secondary N) is 1. The summed E-state index contributed by atoms with van der Waals surface area (Å²) in [5.41, 5.74) is 4.69. The van der Waals surface area contributed by atoms with Gasteiger partial charge in [0.2, 0.25) is 0 Å². The first-order valence-corrected chi connectivity index (χ1v) is 8.22. The summed E-state index contributed by atoms with van der Waals surface area (Å²) in [6.45, 7) is 9.06. The Hall–Kier alpha value is -1.02. The summed E-state index contributed by atoms with van der Waals surface area (Å²) < 4.78 is 0. The topological polar surface area (TPSA) is 15.3 Å². The summed E-state index contributed by atoms with van der Waals surface area (Å²) >= 11 is 0. The fourth-order valence-corrected chi connectivity index (χ4v) is 3.36. The van der Waals surface area contributed by atoms with Crippen molar-refractivity contribution in [2.45, 2.75) is 65.0 Å². The van der Waals surface area contributed by atoms with E-state index < -0.39 is 0 Å². The Morgan fingerprint density at radius 3 is 2.50 bits per heavy atom. The minimum atomic E-state index is 0.312. The molecule has 0 saturated heterocycles. The molecule has 0 radical (unpaired) electrons. The van der Waals surface area contributed by atoms with Gasteiger partial charge in [0, 0.05) is 31.4 Å². The molecule has 20 heavy (non-hydrogen) atoms. The monoisotopic (exact) mass is 274 g/mol. The summed E-state index contributed by atoms with van der Waals surface area (Å²) in [5, 5.41) is 3.80. The normalized spacial score (nSPS) is 15.3. The molecule has 0 atom stereocenters. The van der Waals surface area contributed by atoms with E-state index in [1.165, 1.54) is 55.5 Å². The average molecular weight is 274 g/mol. The van der Waals surface area contributed by atoms with Crippen LogP contribution >= 0.6 is 0 Å². The highest BCUT2D eigenvalue weighted by atomic mass is 15.1. The summed E-state index contributed by atoms with van der Waals surface area (Å²) in [4.78, 5) is 2.38. The molecule has 1 N–H and O–H groups in total. The maximum absolute atomic E-state index is 3.80. The minimum Gasteiger partial charge on any atom is -0.374 e. The molecular weight excluding hydrogens is 244 g/mol. The van der Waals surface area contributed by atoms with Gasteiger partial charge in [0.15, 0.2) is 0 Å². The number of aryl methyl sites for hydroxylation is 1. The SMILES string of the molecule is CCC(CC)(CC)NCc1ccc2c(c1)CCCN2C. The summed E-state index contributed by atoms with van der Waals surface area (Å²) in [5.74, 6) is 0. The summed E-state index contributed by atoms with van der Waals surface area (Å²) in [6, 6.07) is 7.00. The van der Waals surface area contributed by atoms with E-state index >= 15 is 0 Å². The lowest BCUT2D eigenvalue weighted by Crippen LogP contribution is -2.43. The van der Waals surface area contributed by atoms with Gasteiger partial charge in [-0.05, 0) is 49.3 Å². The second kappa shape index (κ2) is 6.62. The molecule has 1 aromatic carbocycles. The smallest absolute Gasteiger partial charge is 0.0396 e. The van der Waals surface area contributed by atoms with Gasteiger partial charge in [-0.1, -0.05) is 32.9 Å². The third kappa shape index (κ3) is 3.17. The van der Waals surface area contributed by atoms with Gasteiger partial charge < -0.3 is 10.2 Å². The molecule has 2 nitrogen and oxygen atoms in total. The third-order valence-corrected chi connectivity index (χ3v) is 5.19. The van der Waals surface area contributed by atoms with Crippen LogP contribution in [0.3, 0.4) is 0 Å². The lowest BCUT2D eigenvalue weighted by molar-refractivity contribution is 0.288. The zero-order valence-corrected chi connectivity index (χ0v) is 13.6. The molecule has 1 aliphatic heterocycles. The highest BCUT2D eigenvalue weighted by Gasteiger charge is 2.22. The number of benzene rings is 1. The van der Waals surface area contributed by atoms with E-state index in [1.54, 1.807) is 0 Å². The molecule has 1 aromatic rings. The van der Waals surface area contributed by atoms with Crippen LogP contribution in [0.25, 0.3) is 0 Å². The lowest BCUT2D eigenvalue weighted by atomic mass is 9.89. The predicted molar refractivity (Wildman–Crippen MR) is 88.5 cm³/mol. The highest BCUT2D eigenvalue weighted by molar-refractivity contribution is 5.56. The Morgan fingerprint density at radius 1 is 1.15 bits per heavy atom. The van der Waals surface area contributed by atoms with E-state index in [1.807, 2.05) is 0 Å². The van der Waals surface area contributed by atoms with Gasteiger partial charge in [-0.15, -0.1) is 0 Å². The zero-order chi connectivity index (χ0) is 14.6. The number of rotatable bonds is 6. The van der Waals surface area contributed by atoms with Gasteiger partial charge in [0.1, 0.15) is 0 Å². The number of anilines is 1. The summed E-state index contributed by atoms with van der Waals surface area (Å²) in [6.07, 6.45) is 6.12. The van der Waals surface area contributed by atoms with E-state index in [0.717, 1.165) is 6.54 Å². The second-order valence-corrected chi connectivity index (χ2v) is 6.18. The fraction of sp³-hybridized carbons (Fsp3) is 0.667. The first-order valence-electron chi connectivity index (χ1n) is 8.22. The Bertz CT molecular complexity index is 427. The second-order valence-electron chi connectivity index (χ2n) is 6.18. The van der Waals surface area contributed by atoms with E-state index in [9.17, 15) is 0 Å². The van der Waals surface area contributed by atoms with Crippen molar-refractivity contribution >= 4 is 5.69 Å². The molecule has 0 fully saturated rings. The van der Waals surface area contributed by atoms with Crippen LogP contribution in [0.2, 0.25) is 0 Å². The Morgan fingerprint density at radius 2 is 1.85 bits per heavy atom. The number of nitrogens with zero attached hydrogens (tertiary/aromatic N) is 1. The Balaban J connectivity index is 2.07. The molecule has 1 heterocycles. The van der Waals surface area contributed by atoms with Crippen molar-refractivity contribution < 1.29 is 0 Å². The summed E-state index contributed by atoms with van der Waals surface area (Å²) in [7, 11) is 2.20. The average Bonchev–Trinajstić information content (AvgIpc) is 2.49. The van der Waals surface area contributed by atoms with E-state index in [0.29, 0.717) is 5.54 Å². The van der Waals surface area contributed by atoms with Gasteiger partial charge >= 0.3 is 0 Å². The van der Waals surface area contributed by atoms with Crippen LogP contribution in [0, 0.1) is 0 Å². The van der Waals surface area contributed by atoms with Crippen LogP contribution in [-0.2, 0) is 13.0 Å². The number of hydrogen-bond acceptors (Lipinski definition) is 2. The van der Waals surface area contributed by atoms with Gasteiger partial charge in [-0.25, -0.2) is 0 Å². The molecule has 2 rings (SSSR count). The van der Waals surface area contributed by atoms with Crippen molar-refractivity contribution in [3.8, 4) is 0 Å². The largest absolute Gasteiger partial charge is 0.374 e. The standard InChI is InChI=1S/C18H30N2/c1-5-18(6-2,7-3)19-14-15-10-11-17-16(13-15)9-8-12-20(17)4/h10-11,13,19H,5-9,12,14H2,1-4H3. The molecule has 0 aliphatic carbocycles. The minimum absolute atomic E-state index is 0.312. The van der Waals surface area contributed by atoms with E-state index in [-0.39, 0.29) is 0 Å². The van der Waals surface area contributed by atoms with Crippen molar-refractivity contribution in [2.75, 3.05) is 18.5 Å². The van der Waals surface area contributed by atoms with Crippen molar-refractivity contribution in [2.24, 2.45) is 0 Å². The van der Waals surface area contributed by atoms with E-state index in [4.69, 9.17) is 0 Å². The van der Waals surface area contributed by atoms with Crippen LogP contribution in [0.1, 0.15) is 57.6 Å². The molecule has 0 bridgehead atoms. The third-order valence-electron chi connectivity index (χ3n) is 5.19. The van der Waals surface area contributed by atoms with Crippen molar-refractivity contribution in [3.63, 3.8) is 0 Å². The van der Waals surface area contributed by atoms with Crippen molar-refractivity contribution in [3.05, 3.63) is 29.3 Å². The molecule has 1 aliphatic rings. The van der Waals surface area contributed by atoms with Crippen LogP contribution in [0.5, 0.6) is 0 Å². The predicted octanol–water partition coefficient (Wildman–Crippen LogP) is 4.13. The molecule has 0 aromatic heterocycles. The van der Waals surface area contributed by atoms with Crippen molar-refractivity contribution in [1.82, 2.24) is 5.32 Å². The molecule has 0 spiro atoms. The van der Waals surface area contributed by atoms with Crippen molar-refractivity contribution in [1.29, 1.82) is 0 Å². The molecule has 0 saturated carbocycles. The Labute approximate surface area is 124 Å². The molecule has 112 valence electrons. The van der Waals surface area contributed by atoms with Gasteiger partial charge in [0.05, 0.1) is 0 Å². The van der Waals surface area contributed by atoms with Crippen LogP contribution in [0.15, 0.2) is 18.2 Å². The number of fused-ring (bicyclic) bond motifs is 1. The quantitative estimate of drug-likeness (QED) is 0.839. The molecule has 0 amide bonds. The van der Waals surface area contributed by atoms with Gasteiger partial charge in [-0.2, -0.15) is 0 Å². The van der Waals surface area contributed by atoms with Gasteiger partial charge in [-0.3, -0.25) is 0 Å². The van der Waals surface area contributed by atoms with Crippen LogP contribution < -0.4 is 10.2 Å². The number of hydrogen-bond donors (Lipinski definition) is 1. The maximum atomic E-state index is 3.80. The fourth-order valence-electron chi connectivity index (χ4n) is 3.36. The zero-order valence-electron chi connectivity index (χ0n) is 13.6. The molecular formula is C18H30N2.